The summed E-state index contributed by atoms with van der Waals surface area (Å²) in [7, 11) is 0. The van der Waals surface area contributed by atoms with Crippen LogP contribution in [0.4, 0.5) is 10.5 Å². The van der Waals surface area contributed by atoms with Crippen LogP contribution in [0.2, 0.25) is 0 Å². The molecular weight excluding hydrogens is 384 g/mol. The molecule has 0 aliphatic carbocycles. The van der Waals surface area contributed by atoms with Crippen molar-refractivity contribution in [3.63, 3.8) is 0 Å². The van der Waals surface area contributed by atoms with E-state index >= 15 is 0 Å². The summed E-state index contributed by atoms with van der Waals surface area (Å²) in [6.07, 6.45) is 0.752. The summed E-state index contributed by atoms with van der Waals surface area (Å²) in [5.41, 5.74) is 9.07. The topological polar surface area (TPSA) is 78.7 Å². The Labute approximate surface area is 175 Å². The molecule has 0 bridgehead atoms. The lowest BCUT2D eigenvalue weighted by atomic mass is 9.99. The number of carbonyl (C=O) groups is 2. The van der Waals surface area contributed by atoms with Crippen molar-refractivity contribution in [1.29, 1.82) is 0 Å². The number of benzene rings is 2. The van der Waals surface area contributed by atoms with Gasteiger partial charge in [0.1, 0.15) is 0 Å². The van der Waals surface area contributed by atoms with Gasteiger partial charge in [0.2, 0.25) is 5.91 Å². The maximum absolute atomic E-state index is 12.9. The summed E-state index contributed by atoms with van der Waals surface area (Å²) in [6, 6.07) is 17.1. The van der Waals surface area contributed by atoms with E-state index in [1.165, 1.54) is 0 Å². The number of anilines is 1. The number of thioether (sulfide) groups is 1. The molecule has 2 aromatic carbocycles. The lowest BCUT2D eigenvalue weighted by molar-refractivity contribution is -0.132. The Balaban J connectivity index is 1.40. The van der Waals surface area contributed by atoms with Gasteiger partial charge in [0.05, 0.1) is 17.6 Å². The molecule has 29 heavy (non-hydrogen) atoms. The fraction of sp³-hybridized carbons (Fsp3) is 0.364. The lowest BCUT2D eigenvalue weighted by Crippen LogP contribution is -2.47. The van der Waals surface area contributed by atoms with Crippen molar-refractivity contribution in [2.75, 3.05) is 36.6 Å². The van der Waals surface area contributed by atoms with Crippen LogP contribution >= 0.6 is 11.8 Å². The van der Waals surface area contributed by atoms with Crippen LogP contribution in [0, 0.1) is 5.92 Å². The van der Waals surface area contributed by atoms with Crippen molar-refractivity contribution in [1.82, 2.24) is 9.80 Å². The minimum Gasteiger partial charge on any atom is -0.331 e. The summed E-state index contributed by atoms with van der Waals surface area (Å²) in [6.45, 7) is 1.89. The second-order valence-electron chi connectivity index (χ2n) is 7.50. The number of rotatable bonds is 4. The highest BCUT2D eigenvalue weighted by Crippen LogP contribution is 2.29. The van der Waals surface area contributed by atoms with E-state index in [-0.39, 0.29) is 17.9 Å². The third-order valence-electron chi connectivity index (χ3n) is 5.62. The highest BCUT2D eigenvalue weighted by atomic mass is 32.2. The molecule has 0 radical (unpaired) electrons. The summed E-state index contributed by atoms with van der Waals surface area (Å²) >= 11 is 1.75. The first-order chi connectivity index (χ1) is 14.1. The number of hydrogen-bond donors (Lipinski definition) is 2. The van der Waals surface area contributed by atoms with Gasteiger partial charge >= 0.3 is 6.03 Å². The number of likely N-dealkylation sites (tertiary alicyclic amines) is 1. The van der Waals surface area contributed by atoms with Gasteiger partial charge in [-0.2, -0.15) is 0 Å². The van der Waals surface area contributed by atoms with E-state index in [1.807, 2.05) is 59.5 Å². The standard InChI is InChI=1S/C22H26N4O2S/c23-20(21(27)26-12-13-29-15-26)17-10-11-25(14-17)22(28)24-19-9-5-4-8-18(19)16-6-2-1-3-7-16/h1-9,17,20H,10-15,23H2,(H,24,28). The number of hydrogen-bond acceptors (Lipinski definition) is 4. The van der Waals surface area contributed by atoms with Crippen LogP contribution in [0.1, 0.15) is 6.42 Å². The van der Waals surface area contributed by atoms with E-state index in [2.05, 4.69) is 5.32 Å². The molecule has 0 spiro atoms. The quantitative estimate of drug-likeness (QED) is 0.812. The third kappa shape index (κ3) is 4.41. The highest BCUT2D eigenvalue weighted by Gasteiger charge is 2.36. The molecule has 2 atom stereocenters. The molecule has 7 heteroatoms. The number of amides is 3. The van der Waals surface area contributed by atoms with Crippen molar-refractivity contribution < 1.29 is 9.59 Å². The van der Waals surface area contributed by atoms with Crippen LogP contribution in [-0.4, -0.2) is 59.0 Å². The first-order valence-electron chi connectivity index (χ1n) is 9.96. The van der Waals surface area contributed by atoms with Crippen LogP contribution in [0.15, 0.2) is 54.6 Å². The zero-order valence-corrected chi connectivity index (χ0v) is 17.1. The average Bonchev–Trinajstić information content (AvgIpc) is 3.46. The van der Waals surface area contributed by atoms with Crippen LogP contribution in [0.3, 0.4) is 0 Å². The molecule has 2 saturated heterocycles. The van der Waals surface area contributed by atoms with E-state index in [1.54, 1.807) is 16.7 Å². The smallest absolute Gasteiger partial charge is 0.321 e. The predicted octanol–water partition coefficient (Wildman–Crippen LogP) is 3.07. The second-order valence-corrected chi connectivity index (χ2v) is 8.58. The first kappa shape index (κ1) is 19.8. The molecule has 0 aromatic heterocycles. The number of nitrogens with one attached hydrogen (secondary N) is 1. The van der Waals surface area contributed by atoms with Crippen molar-refractivity contribution >= 4 is 29.4 Å². The molecule has 4 rings (SSSR count). The third-order valence-corrected chi connectivity index (χ3v) is 6.59. The molecule has 2 aliphatic rings. The number of nitrogens with zero attached hydrogens (tertiary/aromatic N) is 2. The van der Waals surface area contributed by atoms with Gasteiger partial charge in [0.25, 0.3) is 0 Å². The molecule has 2 unspecified atom stereocenters. The van der Waals surface area contributed by atoms with Gasteiger partial charge in [-0.15, -0.1) is 11.8 Å². The lowest BCUT2D eigenvalue weighted by Gasteiger charge is -2.24. The number of carbonyl (C=O) groups excluding carboxylic acids is 2. The van der Waals surface area contributed by atoms with Gasteiger partial charge in [-0.1, -0.05) is 48.5 Å². The SMILES string of the molecule is NC(C(=O)N1CCSC1)C1CCN(C(=O)Nc2ccccc2-c2ccccc2)C1. The first-order valence-corrected chi connectivity index (χ1v) is 11.1. The monoisotopic (exact) mass is 410 g/mol. The molecule has 2 aliphatic heterocycles. The maximum atomic E-state index is 12.9. The maximum Gasteiger partial charge on any atom is 0.321 e. The van der Waals surface area contributed by atoms with Crippen LogP contribution in [-0.2, 0) is 4.79 Å². The van der Waals surface area contributed by atoms with Crippen molar-refractivity contribution in [2.45, 2.75) is 12.5 Å². The summed E-state index contributed by atoms with van der Waals surface area (Å²) in [4.78, 5) is 29.0. The van der Waals surface area contributed by atoms with Crippen molar-refractivity contribution in [3.8, 4) is 11.1 Å². The van der Waals surface area contributed by atoms with Crippen LogP contribution in [0.5, 0.6) is 0 Å². The second kappa shape index (κ2) is 8.88. The Kier molecular flexibility index (Phi) is 6.06. The van der Waals surface area contributed by atoms with E-state index in [0.29, 0.717) is 13.1 Å². The number of para-hydroxylation sites is 1. The van der Waals surface area contributed by atoms with E-state index in [4.69, 9.17) is 5.73 Å². The summed E-state index contributed by atoms with van der Waals surface area (Å²) in [5, 5.41) is 3.04. The van der Waals surface area contributed by atoms with Gasteiger partial charge < -0.3 is 20.9 Å². The molecule has 2 aromatic rings. The predicted molar refractivity (Wildman–Crippen MR) is 118 cm³/mol. The Morgan fingerprint density at radius 2 is 1.79 bits per heavy atom. The number of nitrogens with two attached hydrogens (primary N) is 1. The van der Waals surface area contributed by atoms with E-state index < -0.39 is 6.04 Å². The van der Waals surface area contributed by atoms with Crippen LogP contribution < -0.4 is 11.1 Å². The summed E-state index contributed by atoms with van der Waals surface area (Å²) < 4.78 is 0. The fourth-order valence-corrected chi connectivity index (χ4v) is 4.88. The van der Waals surface area contributed by atoms with Gasteiger partial charge in [-0.3, -0.25) is 4.79 Å². The minimum absolute atomic E-state index is 0.00298. The fourth-order valence-electron chi connectivity index (χ4n) is 3.92. The Morgan fingerprint density at radius 3 is 2.55 bits per heavy atom. The van der Waals surface area contributed by atoms with Gasteiger partial charge in [0.15, 0.2) is 0 Å². The molecule has 3 N–H and O–H groups in total. The van der Waals surface area contributed by atoms with Gasteiger partial charge in [-0.05, 0) is 18.1 Å². The van der Waals surface area contributed by atoms with Crippen LogP contribution in [0.25, 0.3) is 11.1 Å². The van der Waals surface area contributed by atoms with Gasteiger partial charge in [-0.25, -0.2) is 4.79 Å². The highest BCUT2D eigenvalue weighted by molar-refractivity contribution is 7.99. The summed E-state index contributed by atoms with van der Waals surface area (Å²) in [5.74, 6) is 1.71. The molecule has 152 valence electrons. The molecule has 2 fully saturated rings. The van der Waals surface area contributed by atoms with Crippen molar-refractivity contribution in [2.24, 2.45) is 11.7 Å². The van der Waals surface area contributed by atoms with E-state index in [9.17, 15) is 9.59 Å². The van der Waals surface area contributed by atoms with Crippen molar-refractivity contribution in [3.05, 3.63) is 54.6 Å². The zero-order valence-electron chi connectivity index (χ0n) is 16.3. The zero-order chi connectivity index (χ0) is 20.2. The van der Waals surface area contributed by atoms with Gasteiger partial charge in [0, 0.05) is 36.9 Å². The molecular formula is C22H26N4O2S. The Hall–Kier alpha value is -2.51. The minimum atomic E-state index is -0.539. The molecule has 0 saturated carbocycles. The molecule has 3 amide bonds. The Morgan fingerprint density at radius 1 is 1.03 bits per heavy atom. The number of urea groups is 1. The Bertz CT molecular complexity index is 870. The average molecular weight is 411 g/mol. The van der Waals surface area contributed by atoms with E-state index in [0.717, 1.165) is 41.4 Å². The normalized spacial score (nSPS) is 20.0. The molecule has 2 heterocycles. The largest absolute Gasteiger partial charge is 0.331 e. The molecule has 6 nitrogen and oxygen atoms in total.